The van der Waals surface area contributed by atoms with Gasteiger partial charge in [-0.3, -0.25) is 0 Å². The summed E-state index contributed by atoms with van der Waals surface area (Å²) in [6, 6.07) is 7.10. The highest BCUT2D eigenvalue weighted by atomic mass is 16.5. The van der Waals surface area contributed by atoms with E-state index in [9.17, 15) is 4.79 Å². The summed E-state index contributed by atoms with van der Waals surface area (Å²) in [7, 11) is 0. The molecule has 1 aromatic carbocycles. The lowest BCUT2D eigenvalue weighted by Crippen LogP contribution is -2.30. The molecule has 7 heteroatoms. The highest BCUT2D eigenvalue weighted by Gasteiger charge is 2.35. The van der Waals surface area contributed by atoms with E-state index in [4.69, 9.17) is 9.47 Å². The number of nitrogens with zero attached hydrogens (tertiary/aromatic N) is 3. The van der Waals surface area contributed by atoms with Crippen LogP contribution >= 0.6 is 0 Å². The molecule has 1 aliphatic heterocycles. The van der Waals surface area contributed by atoms with Gasteiger partial charge in [-0.2, -0.15) is 10.1 Å². The van der Waals surface area contributed by atoms with Crippen molar-refractivity contribution in [3.8, 4) is 5.75 Å². The van der Waals surface area contributed by atoms with Gasteiger partial charge >= 0.3 is 5.97 Å². The van der Waals surface area contributed by atoms with Crippen molar-refractivity contribution in [2.75, 3.05) is 18.5 Å². The summed E-state index contributed by atoms with van der Waals surface area (Å²) >= 11 is 0. The molecule has 7 nitrogen and oxygen atoms in total. The second-order valence-electron chi connectivity index (χ2n) is 5.45. The lowest BCUT2D eigenvalue weighted by Gasteiger charge is -2.29. The fraction of sp³-hybridized carbons (Fsp3) is 0.278. The van der Waals surface area contributed by atoms with E-state index in [-0.39, 0.29) is 6.61 Å². The molecule has 0 amide bonds. The number of nitrogens with one attached hydrogen (secondary N) is 1. The summed E-state index contributed by atoms with van der Waals surface area (Å²) in [6.45, 7) is 7.98. The van der Waals surface area contributed by atoms with Gasteiger partial charge in [0.1, 0.15) is 24.7 Å². The van der Waals surface area contributed by atoms with Crippen LogP contribution in [0.4, 0.5) is 5.95 Å². The van der Waals surface area contributed by atoms with Crippen LogP contribution in [0.2, 0.25) is 0 Å². The molecule has 1 atom stereocenters. The van der Waals surface area contributed by atoms with Crippen molar-refractivity contribution in [1.82, 2.24) is 14.8 Å². The Bertz CT molecular complexity index is 825. The molecule has 1 aromatic heterocycles. The number of anilines is 1. The van der Waals surface area contributed by atoms with Gasteiger partial charge in [0.25, 0.3) is 0 Å². The minimum Gasteiger partial charge on any atom is -0.494 e. The van der Waals surface area contributed by atoms with Gasteiger partial charge in [-0.1, -0.05) is 30.9 Å². The molecule has 1 aliphatic rings. The van der Waals surface area contributed by atoms with Gasteiger partial charge < -0.3 is 14.8 Å². The van der Waals surface area contributed by atoms with Crippen molar-refractivity contribution in [3.05, 3.63) is 60.1 Å². The van der Waals surface area contributed by atoms with Gasteiger partial charge in [0.05, 0.1) is 12.2 Å². The maximum atomic E-state index is 12.7. The molecule has 2 aromatic rings. The maximum absolute atomic E-state index is 12.7. The first kappa shape index (κ1) is 16.8. The summed E-state index contributed by atoms with van der Waals surface area (Å²) in [6.07, 6.45) is 2.98. The zero-order chi connectivity index (χ0) is 17.8. The third-order valence-corrected chi connectivity index (χ3v) is 3.86. The van der Waals surface area contributed by atoms with Crippen molar-refractivity contribution in [3.63, 3.8) is 0 Å². The van der Waals surface area contributed by atoms with Crippen molar-refractivity contribution < 1.29 is 14.3 Å². The summed E-state index contributed by atoms with van der Waals surface area (Å²) in [5, 5.41) is 7.39. The number of fused-ring (bicyclic) bond motifs is 1. The molecule has 0 bridgehead atoms. The number of benzene rings is 1. The van der Waals surface area contributed by atoms with E-state index in [1.165, 1.54) is 12.4 Å². The molecular weight excluding hydrogens is 320 g/mol. The maximum Gasteiger partial charge on any atom is 0.338 e. The predicted molar refractivity (Wildman–Crippen MR) is 93.3 cm³/mol. The Balaban J connectivity index is 2.13. The first-order valence-corrected chi connectivity index (χ1v) is 8.04. The molecule has 0 aliphatic carbocycles. The van der Waals surface area contributed by atoms with Crippen LogP contribution in [0.25, 0.3) is 0 Å². The topological polar surface area (TPSA) is 78.3 Å². The number of ether oxygens (including phenoxy) is 2. The van der Waals surface area contributed by atoms with Crippen LogP contribution < -0.4 is 10.1 Å². The SMILES string of the molecule is C=CCOC(=O)C1=C(C)Nc2ncnn2[C@H]1c1ccccc1OCC. The van der Waals surface area contributed by atoms with E-state index in [1.807, 2.05) is 38.1 Å². The van der Waals surface area contributed by atoms with E-state index < -0.39 is 12.0 Å². The van der Waals surface area contributed by atoms with Gasteiger partial charge in [0, 0.05) is 11.3 Å². The Morgan fingerprint density at radius 1 is 1.44 bits per heavy atom. The molecule has 130 valence electrons. The summed E-state index contributed by atoms with van der Waals surface area (Å²) in [4.78, 5) is 16.9. The monoisotopic (exact) mass is 340 g/mol. The average Bonchev–Trinajstić information content (AvgIpc) is 3.07. The lowest BCUT2D eigenvalue weighted by molar-refractivity contribution is -0.138. The van der Waals surface area contributed by atoms with Crippen LogP contribution in [0.15, 0.2) is 54.5 Å². The molecule has 0 spiro atoms. The lowest BCUT2D eigenvalue weighted by atomic mass is 9.95. The minimum atomic E-state index is -0.487. The van der Waals surface area contributed by atoms with E-state index in [2.05, 4.69) is 22.0 Å². The Morgan fingerprint density at radius 2 is 2.24 bits per heavy atom. The number of carbonyl (C=O) groups is 1. The quantitative estimate of drug-likeness (QED) is 0.643. The van der Waals surface area contributed by atoms with E-state index in [0.29, 0.717) is 29.6 Å². The molecular formula is C18H20N4O3. The average molecular weight is 340 g/mol. The number of hydrogen-bond donors (Lipinski definition) is 1. The molecule has 2 heterocycles. The van der Waals surface area contributed by atoms with Crippen molar-refractivity contribution in [2.24, 2.45) is 0 Å². The molecule has 25 heavy (non-hydrogen) atoms. The second kappa shape index (κ2) is 7.21. The zero-order valence-corrected chi connectivity index (χ0v) is 14.2. The van der Waals surface area contributed by atoms with E-state index in [0.717, 1.165) is 5.56 Å². The molecule has 0 radical (unpaired) electrons. The molecule has 0 saturated carbocycles. The fourth-order valence-corrected chi connectivity index (χ4v) is 2.85. The van der Waals surface area contributed by atoms with Gasteiger partial charge in [0.15, 0.2) is 0 Å². The fourth-order valence-electron chi connectivity index (χ4n) is 2.85. The van der Waals surface area contributed by atoms with Gasteiger partial charge in [-0.25, -0.2) is 9.48 Å². The third kappa shape index (κ3) is 3.13. The molecule has 1 N–H and O–H groups in total. The Morgan fingerprint density at radius 3 is 3.00 bits per heavy atom. The predicted octanol–water partition coefficient (Wildman–Crippen LogP) is 2.69. The molecule has 0 fully saturated rings. The highest BCUT2D eigenvalue weighted by molar-refractivity contribution is 5.92. The van der Waals surface area contributed by atoms with Gasteiger partial charge in [-0.05, 0) is 19.9 Å². The highest BCUT2D eigenvalue weighted by Crippen LogP contribution is 2.39. The number of esters is 1. The summed E-state index contributed by atoms with van der Waals surface area (Å²) in [5.74, 6) is 0.830. The minimum absolute atomic E-state index is 0.139. The first-order chi connectivity index (χ1) is 12.2. The van der Waals surface area contributed by atoms with Crippen molar-refractivity contribution >= 4 is 11.9 Å². The number of allylic oxidation sites excluding steroid dienone is 1. The molecule has 3 rings (SSSR count). The zero-order valence-electron chi connectivity index (χ0n) is 14.2. The summed E-state index contributed by atoms with van der Waals surface area (Å²) in [5.41, 5.74) is 1.96. The number of aromatic nitrogens is 3. The van der Waals surface area contributed by atoms with Crippen LogP contribution in [-0.2, 0) is 9.53 Å². The normalized spacial score (nSPS) is 16.0. The van der Waals surface area contributed by atoms with Crippen LogP contribution in [0.1, 0.15) is 25.5 Å². The smallest absolute Gasteiger partial charge is 0.338 e. The Kier molecular flexibility index (Phi) is 4.83. The van der Waals surface area contributed by atoms with Crippen LogP contribution in [-0.4, -0.2) is 33.9 Å². The number of hydrogen-bond acceptors (Lipinski definition) is 6. The van der Waals surface area contributed by atoms with Crippen LogP contribution in [0.3, 0.4) is 0 Å². The number of carbonyl (C=O) groups excluding carboxylic acids is 1. The Labute approximate surface area is 146 Å². The summed E-state index contributed by atoms with van der Waals surface area (Å²) < 4.78 is 12.7. The van der Waals surface area contributed by atoms with E-state index in [1.54, 1.807) is 4.68 Å². The van der Waals surface area contributed by atoms with Crippen molar-refractivity contribution in [1.29, 1.82) is 0 Å². The Hall–Kier alpha value is -3.09. The number of rotatable bonds is 6. The number of para-hydroxylation sites is 1. The van der Waals surface area contributed by atoms with Crippen LogP contribution in [0, 0.1) is 0 Å². The largest absolute Gasteiger partial charge is 0.494 e. The first-order valence-electron chi connectivity index (χ1n) is 8.04. The van der Waals surface area contributed by atoms with Crippen molar-refractivity contribution in [2.45, 2.75) is 19.9 Å². The van der Waals surface area contributed by atoms with Crippen LogP contribution in [0.5, 0.6) is 5.75 Å². The van der Waals surface area contributed by atoms with Gasteiger partial charge in [-0.15, -0.1) is 0 Å². The molecule has 0 saturated heterocycles. The van der Waals surface area contributed by atoms with E-state index >= 15 is 0 Å². The van der Waals surface area contributed by atoms with Gasteiger partial charge in [0.2, 0.25) is 5.95 Å². The standard InChI is InChI=1S/C18H20N4O3/c1-4-10-25-17(23)15-12(3)21-18-19-11-20-22(18)16(15)13-8-6-7-9-14(13)24-5-2/h4,6-9,11,16H,1,5,10H2,2-3H3,(H,19,20,21)/t16-/m0/s1. The third-order valence-electron chi connectivity index (χ3n) is 3.86. The second-order valence-corrected chi connectivity index (χ2v) is 5.45. The molecule has 0 unspecified atom stereocenters.